The minimum Gasteiger partial charge on any atom is -0.475 e. The minimum absolute atomic E-state index is 0.312. The zero-order chi connectivity index (χ0) is 28.6. The van der Waals surface area contributed by atoms with E-state index in [1.165, 1.54) is 18.2 Å². The van der Waals surface area contributed by atoms with Gasteiger partial charge in [0.05, 0.1) is 11.9 Å². The largest absolute Gasteiger partial charge is 0.490 e. The lowest BCUT2D eigenvalue weighted by Crippen LogP contribution is -2.21. The molecule has 0 bridgehead atoms. The molecule has 0 aliphatic carbocycles. The number of aliphatic carboxylic acids is 1. The highest BCUT2D eigenvalue weighted by Crippen LogP contribution is 2.31. The third kappa shape index (κ3) is 8.38. The number of anilines is 5. The number of nitrogens with one attached hydrogen (secondary N) is 3. The molecule has 0 spiro atoms. The molecule has 2 aromatic carbocycles. The van der Waals surface area contributed by atoms with Crippen molar-refractivity contribution in [2.75, 3.05) is 16.0 Å². The second-order valence-corrected chi connectivity index (χ2v) is 7.70. The van der Waals surface area contributed by atoms with Gasteiger partial charge in [0.15, 0.2) is 0 Å². The van der Waals surface area contributed by atoms with Crippen molar-refractivity contribution in [3.63, 3.8) is 0 Å². The number of carboxylic acid groups (broad SMARTS) is 1. The quantitative estimate of drug-likeness (QED) is 0.183. The van der Waals surface area contributed by atoms with Crippen LogP contribution in [0.2, 0.25) is 0 Å². The van der Waals surface area contributed by atoms with Crippen LogP contribution in [-0.4, -0.2) is 42.9 Å². The van der Waals surface area contributed by atoms with Gasteiger partial charge in [-0.15, -0.1) is 0 Å². The molecule has 2 heterocycles. The van der Waals surface area contributed by atoms with Crippen LogP contribution in [0.4, 0.5) is 46.4 Å². The highest BCUT2D eigenvalue weighted by Gasteiger charge is 2.38. The molecular weight excluding hydrogens is 522 g/mol. The summed E-state index contributed by atoms with van der Waals surface area (Å²) in [5.74, 6) is -2.62. The van der Waals surface area contributed by atoms with Gasteiger partial charge in [-0.25, -0.2) is 14.2 Å². The van der Waals surface area contributed by atoms with Crippen molar-refractivity contribution in [1.82, 2.24) is 19.7 Å². The van der Waals surface area contributed by atoms with E-state index >= 15 is 0 Å². The first kappa shape index (κ1) is 28.3. The van der Waals surface area contributed by atoms with Crippen LogP contribution in [0, 0.1) is 5.82 Å². The summed E-state index contributed by atoms with van der Waals surface area (Å²) in [7, 11) is 1.81. The third-order valence-electron chi connectivity index (χ3n) is 4.71. The Hall–Kier alpha value is -5.27. The molecular formula is C25H21F4N7O3. The van der Waals surface area contributed by atoms with E-state index in [0.717, 1.165) is 5.69 Å². The molecule has 0 fully saturated rings. The molecule has 1 amide bonds. The number of alkyl halides is 3. The van der Waals surface area contributed by atoms with Gasteiger partial charge < -0.3 is 21.1 Å². The van der Waals surface area contributed by atoms with Crippen molar-refractivity contribution < 1.29 is 32.3 Å². The van der Waals surface area contributed by atoms with Crippen molar-refractivity contribution in [3.8, 4) is 11.1 Å². The Balaban J connectivity index is 0.000000532. The summed E-state index contributed by atoms with van der Waals surface area (Å²) >= 11 is 0. The Morgan fingerprint density at radius 1 is 1.03 bits per heavy atom. The topological polar surface area (TPSA) is 134 Å². The monoisotopic (exact) mass is 543 g/mol. The molecule has 39 heavy (non-hydrogen) atoms. The fraction of sp³-hybridized carbons (Fsp3) is 0.0800. The van der Waals surface area contributed by atoms with Crippen molar-refractivity contribution in [2.24, 2.45) is 7.05 Å². The van der Waals surface area contributed by atoms with Gasteiger partial charge in [0.1, 0.15) is 11.6 Å². The molecule has 202 valence electrons. The SMILES string of the molecule is C=CC(=O)Nc1cccc(Nc2nc(Nc3cnn(C)c3)ncc2-c2cccc(F)c2)c1.O=C(O)C(F)(F)F. The molecule has 4 aromatic rings. The molecule has 0 aliphatic rings. The first-order valence-corrected chi connectivity index (χ1v) is 10.9. The Morgan fingerprint density at radius 2 is 1.72 bits per heavy atom. The summed E-state index contributed by atoms with van der Waals surface area (Å²) in [6.45, 7) is 3.46. The number of aryl methyl sites for hydroxylation is 1. The molecule has 2 aromatic heterocycles. The predicted octanol–water partition coefficient (Wildman–Crippen LogP) is 5.26. The van der Waals surface area contributed by atoms with Crippen molar-refractivity contribution in [3.05, 3.63) is 85.6 Å². The second-order valence-electron chi connectivity index (χ2n) is 7.70. The van der Waals surface area contributed by atoms with Gasteiger partial charge >= 0.3 is 12.1 Å². The molecule has 10 nitrogen and oxygen atoms in total. The Kier molecular flexibility index (Phi) is 8.94. The number of nitrogens with zero attached hydrogens (tertiary/aromatic N) is 4. The van der Waals surface area contributed by atoms with Crippen LogP contribution in [0.3, 0.4) is 0 Å². The Morgan fingerprint density at radius 3 is 2.33 bits per heavy atom. The normalized spacial score (nSPS) is 10.6. The number of rotatable bonds is 7. The standard InChI is InChI=1S/C23H20FN7O.C2HF3O2/c1-3-21(32)27-17-8-5-9-18(11-17)28-22-20(15-6-4-7-16(24)10-15)13-25-23(30-22)29-19-12-26-31(2)14-19;3-2(4,5)1(6)7/h3-14H,1H2,2H3,(H,27,32)(H2,25,28,29,30);(H,6,7). The lowest BCUT2D eigenvalue weighted by Gasteiger charge is -2.14. The van der Waals surface area contributed by atoms with E-state index in [2.05, 4.69) is 37.6 Å². The van der Waals surface area contributed by atoms with Crippen molar-refractivity contribution >= 4 is 40.7 Å². The van der Waals surface area contributed by atoms with Crippen molar-refractivity contribution in [1.29, 1.82) is 0 Å². The highest BCUT2D eigenvalue weighted by atomic mass is 19.4. The second kappa shape index (κ2) is 12.3. The molecule has 0 saturated heterocycles. The number of amides is 1. The van der Waals surface area contributed by atoms with E-state index in [1.807, 2.05) is 13.1 Å². The van der Waals surface area contributed by atoms with Gasteiger partial charge in [0.2, 0.25) is 11.9 Å². The first-order chi connectivity index (χ1) is 18.4. The van der Waals surface area contributed by atoms with E-state index < -0.39 is 12.1 Å². The average molecular weight is 543 g/mol. The summed E-state index contributed by atoms with van der Waals surface area (Å²) in [5, 5.41) is 20.3. The average Bonchev–Trinajstić information content (AvgIpc) is 3.28. The van der Waals surface area contributed by atoms with Crippen LogP contribution in [0.15, 0.2) is 79.8 Å². The highest BCUT2D eigenvalue weighted by molar-refractivity contribution is 5.99. The van der Waals surface area contributed by atoms with Crippen LogP contribution in [0.25, 0.3) is 11.1 Å². The first-order valence-electron chi connectivity index (χ1n) is 10.9. The molecule has 0 unspecified atom stereocenters. The van der Waals surface area contributed by atoms with E-state index in [1.54, 1.807) is 53.6 Å². The van der Waals surface area contributed by atoms with Gasteiger partial charge in [0.25, 0.3) is 0 Å². The number of hydrogen-bond acceptors (Lipinski definition) is 7. The summed E-state index contributed by atoms with van der Waals surface area (Å²) < 4.78 is 47.3. The molecule has 4 N–H and O–H groups in total. The molecule has 4 rings (SSSR count). The fourth-order valence-electron chi connectivity index (χ4n) is 3.02. The van der Waals surface area contributed by atoms with E-state index in [9.17, 15) is 22.4 Å². The maximum Gasteiger partial charge on any atom is 0.490 e. The number of hydrogen-bond donors (Lipinski definition) is 4. The predicted molar refractivity (Wildman–Crippen MR) is 136 cm³/mol. The maximum absolute atomic E-state index is 13.9. The van der Waals surface area contributed by atoms with Crippen LogP contribution in [0.5, 0.6) is 0 Å². The summed E-state index contributed by atoms with van der Waals surface area (Å²) in [5.41, 5.74) is 3.23. The lowest BCUT2D eigenvalue weighted by atomic mass is 10.1. The summed E-state index contributed by atoms with van der Waals surface area (Å²) in [4.78, 5) is 29.5. The number of benzene rings is 2. The van der Waals surface area contributed by atoms with Gasteiger partial charge in [-0.1, -0.05) is 24.8 Å². The summed E-state index contributed by atoms with van der Waals surface area (Å²) in [6, 6.07) is 13.3. The molecule has 0 radical (unpaired) electrons. The zero-order valence-corrected chi connectivity index (χ0v) is 20.2. The molecule has 0 aliphatic heterocycles. The Bertz CT molecular complexity index is 1490. The Labute approximate surface area is 219 Å². The van der Waals surface area contributed by atoms with Gasteiger partial charge in [-0.3, -0.25) is 9.48 Å². The minimum atomic E-state index is -5.08. The van der Waals surface area contributed by atoms with Crippen molar-refractivity contribution in [2.45, 2.75) is 6.18 Å². The van der Waals surface area contributed by atoms with Gasteiger partial charge in [0, 0.05) is 36.4 Å². The summed E-state index contributed by atoms with van der Waals surface area (Å²) in [6.07, 6.45) is 1.18. The zero-order valence-electron chi connectivity index (χ0n) is 20.2. The van der Waals surface area contributed by atoms with E-state index in [0.29, 0.717) is 34.3 Å². The van der Waals surface area contributed by atoms with Crippen LogP contribution in [0.1, 0.15) is 0 Å². The number of carbonyl (C=O) groups is 2. The number of aromatic nitrogens is 4. The number of halogens is 4. The van der Waals surface area contributed by atoms with Gasteiger partial charge in [-0.2, -0.15) is 23.3 Å². The molecule has 0 saturated carbocycles. The smallest absolute Gasteiger partial charge is 0.475 e. The number of carboxylic acids is 1. The van der Waals surface area contributed by atoms with E-state index in [4.69, 9.17) is 9.90 Å². The van der Waals surface area contributed by atoms with Crippen LogP contribution >= 0.6 is 0 Å². The molecule has 0 atom stereocenters. The van der Waals surface area contributed by atoms with E-state index in [-0.39, 0.29) is 11.7 Å². The fourth-order valence-corrected chi connectivity index (χ4v) is 3.02. The van der Waals surface area contributed by atoms with Gasteiger partial charge in [-0.05, 0) is 42.0 Å². The lowest BCUT2D eigenvalue weighted by molar-refractivity contribution is -0.192. The number of carbonyl (C=O) groups excluding carboxylic acids is 1. The van der Waals surface area contributed by atoms with Crippen LogP contribution < -0.4 is 16.0 Å². The maximum atomic E-state index is 13.9. The molecule has 14 heteroatoms. The third-order valence-corrected chi connectivity index (χ3v) is 4.71. The van der Waals surface area contributed by atoms with Crippen LogP contribution in [-0.2, 0) is 16.6 Å².